The second-order valence-electron chi connectivity index (χ2n) is 1.56. The van der Waals surface area contributed by atoms with Crippen LogP contribution in [0.15, 0.2) is 12.2 Å². The molecule has 0 heterocycles. The van der Waals surface area contributed by atoms with Crippen LogP contribution in [0.1, 0.15) is 6.92 Å². The van der Waals surface area contributed by atoms with Crippen LogP contribution in [0.4, 0.5) is 4.79 Å². The molecule has 0 unspecified atom stereocenters. The SMILES string of the molecule is C=C(C)C(=O)O.COC(=O)O. The molecule has 0 fully saturated rings. The number of methoxy groups -OCH3 is 1. The monoisotopic (exact) mass is 162 g/mol. The summed E-state index contributed by atoms with van der Waals surface area (Å²) in [5.74, 6) is -0.935. The van der Waals surface area contributed by atoms with Gasteiger partial charge in [-0.15, -0.1) is 0 Å². The van der Waals surface area contributed by atoms with Gasteiger partial charge in [0.05, 0.1) is 7.11 Å². The third-order valence-corrected chi connectivity index (χ3v) is 0.540. The maximum absolute atomic E-state index is 9.60. The smallest absolute Gasteiger partial charge is 0.478 e. The molecule has 0 aliphatic heterocycles. The Balaban J connectivity index is 0. The zero-order valence-corrected chi connectivity index (χ0v) is 6.33. The molecule has 0 saturated heterocycles. The van der Waals surface area contributed by atoms with Crippen LogP contribution in [-0.2, 0) is 9.53 Å². The minimum absolute atomic E-state index is 0.176. The predicted molar refractivity (Wildman–Crippen MR) is 37.5 cm³/mol. The van der Waals surface area contributed by atoms with Crippen molar-refractivity contribution < 1.29 is 24.5 Å². The Bertz CT molecular complexity index is 148. The molecule has 0 aromatic heterocycles. The number of carboxylic acid groups (broad SMARTS) is 2. The van der Waals surface area contributed by atoms with Crippen molar-refractivity contribution in [1.82, 2.24) is 0 Å². The second-order valence-corrected chi connectivity index (χ2v) is 1.56. The molecule has 0 spiro atoms. The molecule has 0 aliphatic rings. The molecule has 0 aromatic rings. The summed E-state index contributed by atoms with van der Waals surface area (Å²) in [7, 11) is 1.10. The van der Waals surface area contributed by atoms with Crippen LogP contribution in [0.5, 0.6) is 0 Å². The van der Waals surface area contributed by atoms with Crippen LogP contribution in [0.2, 0.25) is 0 Å². The van der Waals surface area contributed by atoms with Gasteiger partial charge in [0.25, 0.3) is 0 Å². The van der Waals surface area contributed by atoms with E-state index in [0.717, 1.165) is 7.11 Å². The Morgan fingerprint density at radius 1 is 1.36 bits per heavy atom. The Morgan fingerprint density at radius 3 is 1.55 bits per heavy atom. The number of hydrogen-bond donors (Lipinski definition) is 2. The maximum atomic E-state index is 9.60. The van der Waals surface area contributed by atoms with Crippen molar-refractivity contribution in [2.75, 3.05) is 7.11 Å². The summed E-state index contributed by atoms with van der Waals surface area (Å²) in [6, 6.07) is 0. The van der Waals surface area contributed by atoms with Crippen LogP contribution in [-0.4, -0.2) is 29.4 Å². The third kappa shape index (κ3) is 17.7. The summed E-state index contributed by atoms with van der Waals surface area (Å²) >= 11 is 0. The lowest BCUT2D eigenvalue weighted by molar-refractivity contribution is -0.132. The van der Waals surface area contributed by atoms with Gasteiger partial charge in [0, 0.05) is 5.57 Å². The molecule has 0 saturated carbocycles. The van der Waals surface area contributed by atoms with Gasteiger partial charge in [-0.25, -0.2) is 9.59 Å². The van der Waals surface area contributed by atoms with E-state index < -0.39 is 12.1 Å². The van der Waals surface area contributed by atoms with Crippen LogP contribution >= 0.6 is 0 Å². The first kappa shape index (κ1) is 12.2. The van der Waals surface area contributed by atoms with Gasteiger partial charge in [-0.05, 0) is 6.92 Å². The predicted octanol–water partition coefficient (Wildman–Crippen LogP) is 0.958. The summed E-state index contributed by atoms with van der Waals surface area (Å²) in [6.45, 7) is 4.60. The van der Waals surface area contributed by atoms with E-state index in [2.05, 4.69) is 11.3 Å². The number of hydrogen-bond acceptors (Lipinski definition) is 3. The van der Waals surface area contributed by atoms with E-state index in [0.29, 0.717) is 0 Å². The second kappa shape index (κ2) is 6.60. The number of carbonyl (C=O) groups is 2. The highest BCUT2D eigenvalue weighted by Gasteiger charge is 1.90. The van der Waals surface area contributed by atoms with E-state index in [1.807, 2.05) is 0 Å². The zero-order chi connectivity index (χ0) is 9.44. The summed E-state index contributed by atoms with van der Waals surface area (Å²) in [5, 5.41) is 15.4. The fraction of sp³-hybridized carbons (Fsp3) is 0.333. The third-order valence-electron chi connectivity index (χ3n) is 0.540. The van der Waals surface area contributed by atoms with Crippen molar-refractivity contribution in [3.05, 3.63) is 12.2 Å². The maximum Gasteiger partial charge on any atom is 0.505 e. The Hall–Kier alpha value is -1.52. The zero-order valence-electron chi connectivity index (χ0n) is 6.33. The van der Waals surface area contributed by atoms with Crippen molar-refractivity contribution in [3.8, 4) is 0 Å². The van der Waals surface area contributed by atoms with Crippen molar-refractivity contribution in [2.45, 2.75) is 6.92 Å². The number of ether oxygens (including phenoxy) is 1. The molecule has 5 heteroatoms. The molecular weight excluding hydrogens is 152 g/mol. The summed E-state index contributed by atoms with van der Waals surface area (Å²) in [5.41, 5.74) is 0.176. The summed E-state index contributed by atoms with van der Waals surface area (Å²) in [6.07, 6.45) is -1.25. The van der Waals surface area contributed by atoms with E-state index in [-0.39, 0.29) is 5.57 Å². The van der Waals surface area contributed by atoms with Crippen LogP contribution in [0, 0.1) is 0 Å². The van der Waals surface area contributed by atoms with E-state index in [4.69, 9.17) is 15.0 Å². The molecule has 64 valence electrons. The minimum Gasteiger partial charge on any atom is -0.478 e. The first-order chi connectivity index (χ1) is 4.91. The Labute approximate surface area is 63.9 Å². The minimum atomic E-state index is -1.25. The van der Waals surface area contributed by atoms with Gasteiger partial charge in [-0.1, -0.05) is 6.58 Å². The average Bonchev–Trinajstić information content (AvgIpc) is 1.89. The van der Waals surface area contributed by atoms with Gasteiger partial charge in [0.2, 0.25) is 0 Å². The highest BCUT2D eigenvalue weighted by atomic mass is 16.6. The van der Waals surface area contributed by atoms with Crippen molar-refractivity contribution in [3.63, 3.8) is 0 Å². The molecule has 0 amide bonds. The first-order valence-electron chi connectivity index (χ1n) is 2.57. The Morgan fingerprint density at radius 2 is 1.55 bits per heavy atom. The van der Waals surface area contributed by atoms with Gasteiger partial charge in [-0.3, -0.25) is 0 Å². The average molecular weight is 162 g/mol. The molecular formula is C6H10O5. The Kier molecular flexibility index (Phi) is 7.31. The molecule has 0 aromatic carbocycles. The fourth-order valence-electron chi connectivity index (χ4n) is 0. The molecule has 0 radical (unpaired) electrons. The van der Waals surface area contributed by atoms with Gasteiger partial charge in [0.15, 0.2) is 0 Å². The van der Waals surface area contributed by atoms with Crippen LogP contribution < -0.4 is 0 Å². The summed E-state index contributed by atoms with van der Waals surface area (Å²) < 4.78 is 3.67. The fourth-order valence-corrected chi connectivity index (χ4v) is 0. The quantitative estimate of drug-likeness (QED) is 0.443. The van der Waals surface area contributed by atoms with Crippen LogP contribution in [0.25, 0.3) is 0 Å². The van der Waals surface area contributed by atoms with Crippen molar-refractivity contribution in [2.24, 2.45) is 0 Å². The van der Waals surface area contributed by atoms with Gasteiger partial charge >= 0.3 is 12.1 Å². The van der Waals surface area contributed by atoms with E-state index in [9.17, 15) is 4.79 Å². The standard InChI is InChI=1S/C4H6O2.C2H4O3/c1-3(2)4(5)6;1-5-2(3)4/h1H2,2H3,(H,5,6);1H3,(H,3,4). The highest BCUT2D eigenvalue weighted by Crippen LogP contribution is 1.81. The summed E-state index contributed by atoms with van der Waals surface area (Å²) in [4.78, 5) is 18.7. The topological polar surface area (TPSA) is 83.8 Å². The first-order valence-corrected chi connectivity index (χ1v) is 2.57. The lowest BCUT2D eigenvalue weighted by Gasteiger charge is -1.79. The van der Waals surface area contributed by atoms with E-state index >= 15 is 0 Å². The molecule has 5 nitrogen and oxygen atoms in total. The molecule has 2 N–H and O–H groups in total. The van der Waals surface area contributed by atoms with Gasteiger partial charge in [0.1, 0.15) is 0 Å². The van der Waals surface area contributed by atoms with Crippen molar-refractivity contribution in [1.29, 1.82) is 0 Å². The van der Waals surface area contributed by atoms with E-state index in [1.54, 1.807) is 0 Å². The highest BCUT2D eigenvalue weighted by molar-refractivity contribution is 5.84. The molecule has 0 atom stereocenters. The normalized spacial score (nSPS) is 7.09. The lowest BCUT2D eigenvalue weighted by atomic mass is 10.4. The van der Waals surface area contributed by atoms with Gasteiger partial charge < -0.3 is 14.9 Å². The van der Waals surface area contributed by atoms with Gasteiger partial charge in [-0.2, -0.15) is 0 Å². The largest absolute Gasteiger partial charge is 0.505 e. The van der Waals surface area contributed by atoms with Crippen LogP contribution in [0.3, 0.4) is 0 Å². The number of carboxylic acids is 1. The lowest BCUT2D eigenvalue weighted by Crippen LogP contribution is -1.92. The number of rotatable bonds is 1. The molecule has 0 aliphatic carbocycles. The molecule has 0 bridgehead atoms. The van der Waals surface area contributed by atoms with E-state index in [1.165, 1.54) is 6.92 Å². The van der Waals surface area contributed by atoms with Crippen molar-refractivity contribution >= 4 is 12.1 Å². The number of aliphatic carboxylic acids is 1. The molecule has 0 rings (SSSR count). The molecule has 11 heavy (non-hydrogen) atoms.